The second-order valence-corrected chi connectivity index (χ2v) is 1.48. The topological polar surface area (TPSA) is 12.0 Å². The molecule has 0 unspecified atom stereocenters. The van der Waals surface area contributed by atoms with Crippen LogP contribution in [0.1, 0.15) is 0 Å². The molecule has 0 amide bonds. The number of nitrogens with one attached hydrogen (secondary N) is 1. The minimum absolute atomic E-state index is 0.237. The largest absolute Gasteiger partial charge is 0.401 e. The van der Waals surface area contributed by atoms with Gasteiger partial charge in [-0.2, -0.15) is 13.2 Å². The molecule has 0 atom stereocenters. The van der Waals surface area contributed by atoms with Crippen LogP contribution in [-0.4, -0.2) is 25.9 Å². The first kappa shape index (κ1) is 8.68. The lowest BCUT2D eigenvalue weighted by Crippen LogP contribution is -2.30. The minimum Gasteiger partial charge on any atom is -0.306 e. The Morgan fingerprint density at radius 3 is 2.11 bits per heavy atom. The van der Waals surface area contributed by atoms with E-state index in [9.17, 15) is 17.6 Å². The summed E-state index contributed by atoms with van der Waals surface area (Å²) in [7, 11) is 0. The van der Waals surface area contributed by atoms with Crippen LogP contribution in [0, 0.1) is 0 Å². The fraction of sp³-hybridized carbons (Fsp3) is 1.00. The van der Waals surface area contributed by atoms with Gasteiger partial charge in [-0.25, -0.2) is 4.39 Å². The Balaban J connectivity index is 3.07. The lowest BCUT2D eigenvalue weighted by Gasteiger charge is -2.04. The van der Waals surface area contributed by atoms with E-state index in [-0.39, 0.29) is 6.54 Å². The van der Waals surface area contributed by atoms with Crippen LogP contribution in [-0.2, 0) is 0 Å². The highest BCUT2D eigenvalue weighted by Gasteiger charge is 2.25. The number of hydrogen-bond donors (Lipinski definition) is 1. The van der Waals surface area contributed by atoms with Gasteiger partial charge in [0.1, 0.15) is 6.67 Å². The molecule has 0 aromatic heterocycles. The normalized spacial score (nSPS) is 12.0. The first-order valence-electron chi connectivity index (χ1n) is 2.39. The third-order valence-electron chi connectivity index (χ3n) is 0.597. The molecular formula is C4H7F4N. The Kier molecular flexibility index (Phi) is 3.53. The number of halogens is 4. The van der Waals surface area contributed by atoms with Crippen molar-refractivity contribution in [2.75, 3.05) is 19.8 Å². The molecule has 0 spiro atoms. The molecule has 5 heteroatoms. The van der Waals surface area contributed by atoms with Gasteiger partial charge in [-0.15, -0.1) is 0 Å². The van der Waals surface area contributed by atoms with Gasteiger partial charge in [0.2, 0.25) is 0 Å². The lowest BCUT2D eigenvalue weighted by molar-refractivity contribution is -0.124. The Morgan fingerprint density at radius 1 is 1.22 bits per heavy atom. The standard InChI is InChI=1S/C4H7F4N/c5-1-2-9-3-4(6,7)8/h9H,1-3H2. The maximum Gasteiger partial charge on any atom is 0.401 e. The van der Waals surface area contributed by atoms with E-state index in [4.69, 9.17) is 0 Å². The van der Waals surface area contributed by atoms with Crippen LogP contribution in [0.4, 0.5) is 17.6 Å². The number of hydrogen-bond acceptors (Lipinski definition) is 1. The highest BCUT2D eigenvalue weighted by molar-refractivity contribution is 4.53. The van der Waals surface area contributed by atoms with Crippen molar-refractivity contribution in [3.8, 4) is 0 Å². The lowest BCUT2D eigenvalue weighted by atomic mass is 10.6. The first-order valence-corrected chi connectivity index (χ1v) is 2.39. The Morgan fingerprint density at radius 2 is 1.78 bits per heavy atom. The monoisotopic (exact) mass is 145 g/mol. The summed E-state index contributed by atoms with van der Waals surface area (Å²) in [4.78, 5) is 0. The van der Waals surface area contributed by atoms with Gasteiger partial charge in [0, 0.05) is 6.54 Å². The van der Waals surface area contributed by atoms with Crippen molar-refractivity contribution in [1.29, 1.82) is 0 Å². The van der Waals surface area contributed by atoms with Crippen molar-refractivity contribution in [2.24, 2.45) is 0 Å². The molecule has 0 saturated heterocycles. The van der Waals surface area contributed by atoms with E-state index in [1.54, 1.807) is 0 Å². The zero-order valence-electron chi connectivity index (χ0n) is 4.63. The molecule has 0 bridgehead atoms. The van der Waals surface area contributed by atoms with E-state index in [2.05, 4.69) is 0 Å². The first-order chi connectivity index (χ1) is 4.06. The quantitative estimate of drug-likeness (QED) is 0.463. The molecule has 0 aliphatic heterocycles. The van der Waals surface area contributed by atoms with Crippen LogP contribution in [0.15, 0.2) is 0 Å². The molecule has 0 fully saturated rings. The summed E-state index contributed by atoms with van der Waals surface area (Å²) >= 11 is 0. The molecule has 9 heavy (non-hydrogen) atoms. The third kappa shape index (κ3) is 7.68. The molecule has 1 nitrogen and oxygen atoms in total. The van der Waals surface area contributed by atoms with Gasteiger partial charge in [0.25, 0.3) is 0 Å². The highest BCUT2D eigenvalue weighted by atomic mass is 19.4. The summed E-state index contributed by atoms with van der Waals surface area (Å²) in [6.07, 6.45) is -4.23. The van der Waals surface area contributed by atoms with Crippen LogP contribution >= 0.6 is 0 Å². The van der Waals surface area contributed by atoms with E-state index < -0.39 is 19.4 Å². The van der Waals surface area contributed by atoms with Gasteiger partial charge in [-0.1, -0.05) is 0 Å². The van der Waals surface area contributed by atoms with Gasteiger partial charge in [0.05, 0.1) is 6.54 Å². The minimum atomic E-state index is -4.23. The van der Waals surface area contributed by atoms with Gasteiger partial charge in [-0.05, 0) is 0 Å². The van der Waals surface area contributed by atoms with Crippen molar-refractivity contribution >= 4 is 0 Å². The zero-order valence-corrected chi connectivity index (χ0v) is 4.63. The van der Waals surface area contributed by atoms with E-state index in [1.165, 1.54) is 0 Å². The molecule has 0 aromatic rings. The molecule has 0 aliphatic rings. The summed E-state index contributed by atoms with van der Waals surface area (Å²) in [6.45, 7) is -2.12. The van der Waals surface area contributed by atoms with E-state index in [0.717, 1.165) is 0 Å². The van der Waals surface area contributed by atoms with Crippen molar-refractivity contribution in [2.45, 2.75) is 6.18 Å². The average molecular weight is 145 g/mol. The molecule has 0 aromatic carbocycles. The molecule has 0 heterocycles. The number of alkyl halides is 4. The number of rotatable bonds is 3. The Hall–Kier alpha value is -0.320. The van der Waals surface area contributed by atoms with Crippen molar-refractivity contribution < 1.29 is 17.6 Å². The summed E-state index contributed by atoms with van der Waals surface area (Å²) in [5.74, 6) is 0. The summed E-state index contributed by atoms with van der Waals surface area (Å²) < 4.78 is 44.7. The molecule has 56 valence electrons. The van der Waals surface area contributed by atoms with Crippen molar-refractivity contribution in [1.82, 2.24) is 5.32 Å². The molecule has 0 rings (SSSR count). The third-order valence-corrected chi connectivity index (χ3v) is 0.597. The second kappa shape index (κ2) is 3.66. The van der Waals surface area contributed by atoms with Crippen LogP contribution < -0.4 is 5.32 Å². The van der Waals surface area contributed by atoms with E-state index in [0.29, 0.717) is 0 Å². The van der Waals surface area contributed by atoms with Crippen LogP contribution in [0.3, 0.4) is 0 Å². The van der Waals surface area contributed by atoms with Crippen LogP contribution in [0.5, 0.6) is 0 Å². The molecule has 0 aliphatic carbocycles. The van der Waals surface area contributed by atoms with Crippen molar-refractivity contribution in [3.63, 3.8) is 0 Å². The summed E-state index contributed by atoms with van der Waals surface area (Å²) in [6, 6.07) is 0. The van der Waals surface area contributed by atoms with Crippen molar-refractivity contribution in [3.05, 3.63) is 0 Å². The van der Waals surface area contributed by atoms with E-state index in [1.807, 2.05) is 5.32 Å². The second-order valence-electron chi connectivity index (χ2n) is 1.48. The van der Waals surface area contributed by atoms with Crippen LogP contribution in [0.2, 0.25) is 0 Å². The maximum atomic E-state index is 11.2. The van der Waals surface area contributed by atoms with Crippen LogP contribution in [0.25, 0.3) is 0 Å². The predicted molar refractivity (Wildman–Crippen MR) is 24.9 cm³/mol. The average Bonchev–Trinajstić information content (AvgIpc) is 1.63. The molecular weight excluding hydrogens is 138 g/mol. The summed E-state index contributed by atoms with van der Waals surface area (Å²) in [5, 5.41) is 1.88. The SMILES string of the molecule is FCCNCC(F)(F)F. The Bertz CT molecular complexity index is 69.5. The fourth-order valence-corrected chi connectivity index (χ4v) is 0.297. The molecule has 1 N–H and O–H groups in total. The fourth-order valence-electron chi connectivity index (χ4n) is 0.297. The highest BCUT2D eigenvalue weighted by Crippen LogP contribution is 2.11. The maximum absolute atomic E-state index is 11.2. The van der Waals surface area contributed by atoms with Gasteiger partial charge >= 0.3 is 6.18 Å². The Labute approximate surface area is 50.0 Å². The zero-order chi connectivity index (χ0) is 7.33. The summed E-state index contributed by atoms with van der Waals surface area (Å²) in [5.41, 5.74) is 0. The van der Waals surface area contributed by atoms with Gasteiger partial charge in [0.15, 0.2) is 0 Å². The van der Waals surface area contributed by atoms with E-state index >= 15 is 0 Å². The smallest absolute Gasteiger partial charge is 0.306 e. The molecule has 0 saturated carbocycles. The van der Waals surface area contributed by atoms with Gasteiger partial charge < -0.3 is 5.32 Å². The predicted octanol–water partition coefficient (Wildman–Crippen LogP) is 1.11. The van der Waals surface area contributed by atoms with Gasteiger partial charge in [-0.3, -0.25) is 0 Å². The molecule has 0 radical (unpaired) electrons.